The van der Waals surface area contributed by atoms with Crippen molar-refractivity contribution in [2.75, 3.05) is 27.8 Å². The van der Waals surface area contributed by atoms with Gasteiger partial charge in [0.2, 0.25) is 5.91 Å². The lowest BCUT2D eigenvalue weighted by atomic mass is 9.78. The van der Waals surface area contributed by atoms with Gasteiger partial charge in [0.15, 0.2) is 0 Å². The summed E-state index contributed by atoms with van der Waals surface area (Å²) in [7, 11) is 0. The average Bonchev–Trinajstić information content (AvgIpc) is 3.04. The summed E-state index contributed by atoms with van der Waals surface area (Å²) in [6, 6.07) is 24.4. The fourth-order valence-electron chi connectivity index (χ4n) is 6.27. The van der Waals surface area contributed by atoms with Crippen molar-refractivity contribution in [2.24, 2.45) is 0 Å². The first-order valence-electron chi connectivity index (χ1n) is 17.4. The molecule has 6 nitrogen and oxygen atoms in total. The van der Waals surface area contributed by atoms with Gasteiger partial charge in [-0.05, 0) is 121 Å². The lowest BCUT2D eigenvalue weighted by Gasteiger charge is -2.33. The first-order valence-corrected chi connectivity index (χ1v) is 17.4. The molecule has 0 radical (unpaired) electrons. The van der Waals surface area contributed by atoms with Crippen LogP contribution in [0.4, 0.5) is 22.7 Å². The van der Waals surface area contributed by atoms with E-state index in [2.05, 4.69) is 99.7 Å². The van der Waals surface area contributed by atoms with E-state index in [0.717, 1.165) is 52.5 Å². The molecule has 2 heterocycles. The first-order chi connectivity index (χ1) is 23.1. The quantitative estimate of drug-likeness (QED) is 0.172. The molecule has 0 aliphatic carbocycles. The fraction of sp³-hybridized carbons (Fsp3) is 0.349. The molecule has 6 rings (SSSR count). The minimum Gasteiger partial charge on any atom is -0.385 e. The molecule has 0 spiro atoms. The molecule has 258 valence electrons. The van der Waals surface area contributed by atoms with E-state index in [-0.39, 0.29) is 22.6 Å². The van der Waals surface area contributed by atoms with E-state index < -0.39 is 0 Å². The predicted molar refractivity (Wildman–Crippen MR) is 209 cm³/mol. The molecule has 0 unspecified atom stereocenters. The van der Waals surface area contributed by atoms with E-state index in [1.54, 1.807) is 0 Å². The SMILES string of the molecule is C=C(Nc1ccc2c(c1)NC(=O)CC2(C)C)c1ccc(C)c(C)c1.CC.Cc1ccc(C(=O)Nc2ccc3c(c2)NCCC3(C)C)cc1C. The molecule has 4 aromatic carbocycles. The molecule has 4 aromatic rings. The van der Waals surface area contributed by atoms with Crippen LogP contribution in [0.2, 0.25) is 0 Å². The molecule has 6 heteroatoms. The lowest BCUT2D eigenvalue weighted by molar-refractivity contribution is -0.117. The summed E-state index contributed by atoms with van der Waals surface area (Å²) in [4.78, 5) is 24.4. The van der Waals surface area contributed by atoms with E-state index in [1.807, 2.05) is 70.2 Å². The van der Waals surface area contributed by atoms with Gasteiger partial charge in [0.25, 0.3) is 5.91 Å². The summed E-state index contributed by atoms with van der Waals surface area (Å²) >= 11 is 0. The van der Waals surface area contributed by atoms with Crippen molar-refractivity contribution in [3.63, 3.8) is 0 Å². The topological polar surface area (TPSA) is 82.3 Å². The second kappa shape index (κ2) is 15.1. The number of carbonyl (C=O) groups excluding carboxylic acids is 2. The Hall–Kier alpha value is -4.84. The van der Waals surface area contributed by atoms with Crippen LogP contribution in [-0.4, -0.2) is 18.4 Å². The molecule has 0 atom stereocenters. The van der Waals surface area contributed by atoms with Gasteiger partial charge < -0.3 is 21.3 Å². The molecule has 2 aliphatic heterocycles. The van der Waals surface area contributed by atoms with E-state index in [0.29, 0.717) is 12.0 Å². The maximum absolute atomic E-state index is 12.4. The number of fused-ring (bicyclic) bond motifs is 2. The van der Waals surface area contributed by atoms with E-state index >= 15 is 0 Å². The second-order valence-corrected chi connectivity index (χ2v) is 14.3. The summed E-state index contributed by atoms with van der Waals surface area (Å²) in [5.74, 6) is 0.000700. The number of hydrogen-bond acceptors (Lipinski definition) is 4. The van der Waals surface area contributed by atoms with E-state index in [1.165, 1.54) is 27.8 Å². The molecule has 49 heavy (non-hydrogen) atoms. The third-order valence-electron chi connectivity index (χ3n) is 9.62. The Balaban J connectivity index is 0.000000210. The number of rotatable bonds is 5. The van der Waals surface area contributed by atoms with Gasteiger partial charge >= 0.3 is 0 Å². The number of aryl methyl sites for hydroxylation is 4. The summed E-state index contributed by atoms with van der Waals surface area (Å²) in [6.45, 7) is 26.1. The number of nitrogens with one attached hydrogen (secondary N) is 4. The Morgan fingerprint density at radius 1 is 0.673 bits per heavy atom. The van der Waals surface area contributed by atoms with Crippen molar-refractivity contribution in [2.45, 2.75) is 92.9 Å². The summed E-state index contributed by atoms with van der Waals surface area (Å²) in [6.07, 6.45) is 1.64. The Bertz CT molecular complexity index is 1870. The summed E-state index contributed by atoms with van der Waals surface area (Å²) in [5.41, 5.74) is 13.7. The first kappa shape index (κ1) is 37.0. The number of carbonyl (C=O) groups is 2. The van der Waals surface area contributed by atoms with Crippen LogP contribution >= 0.6 is 0 Å². The Labute approximate surface area is 293 Å². The van der Waals surface area contributed by atoms with Gasteiger partial charge in [-0.15, -0.1) is 0 Å². The maximum Gasteiger partial charge on any atom is 0.255 e. The van der Waals surface area contributed by atoms with Crippen molar-refractivity contribution in [1.29, 1.82) is 0 Å². The van der Waals surface area contributed by atoms with Crippen LogP contribution in [-0.2, 0) is 15.6 Å². The van der Waals surface area contributed by atoms with Gasteiger partial charge in [0.1, 0.15) is 0 Å². The van der Waals surface area contributed by atoms with Gasteiger partial charge in [0.05, 0.1) is 0 Å². The Morgan fingerprint density at radius 3 is 1.82 bits per heavy atom. The normalized spacial score (nSPS) is 14.9. The minimum absolute atomic E-state index is 0.0666. The lowest BCUT2D eigenvalue weighted by Crippen LogP contribution is -2.32. The van der Waals surface area contributed by atoms with E-state index in [9.17, 15) is 9.59 Å². The van der Waals surface area contributed by atoms with Gasteiger partial charge in [0, 0.05) is 52.4 Å². The third-order valence-corrected chi connectivity index (χ3v) is 9.62. The number of anilines is 4. The Kier molecular flexibility index (Phi) is 11.4. The molecule has 2 aliphatic rings. The molecule has 0 saturated heterocycles. The van der Waals surface area contributed by atoms with Crippen LogP contribution in [0.15, 0.2) is 79.4 Å². The maximum atomic E-state index is 12.4. The zero-order valence-electron chi connectivity index (χ0n) is 31.1. The van der Waals surface area contributed by atoms with E-state index in [4.69, 9.17) is 0 Å². The van der Waals surface area contributed by atoms with Crippen LogP contribution in [0.5, 0.6) is 0 Å². The molecule has 0 fully saturated rings. The van der Waals surface area contributed by atoms with Crippen molar-refractivity contribution in [3.05, 3.63) is 124 Å². The fourth-order valence-corrected chi connectivity index (χ4v) is 6.27. The number of benzene rings is 4. The molecular formula is C43H54N4O2. The van der Waals surface area contributed by atoms with Gasteiger partial charge in [-0.2, -0.15) is 0 Å². The largest absolute Gasteiger partial charge is 0.385 e. The predicted octanol–water partition coefficient (Wildman–Crippen LogP) is 10.7. The molecule has 2 amide bonds. The Morgan fingerprint density at radius 2 is 1.20 bits per heavy atom. The highest BCUT2D eigenvalue weighted by Gasteiger charge is 2.32. The monoisotopic (exact) mass is 658 g/mol. The minimum atomic E-state index is -0.138. The second-order valence-electron chi connectivity index (χ2n) is 14.3. The van der Waals surface area contributed by atoms with Crippen molar-refractivity contribution in [1.82, 2.24) is 0 Å². The highest BCUT2D eigenvalue weighted by molar-refractivity contribution is 6.04. The van der Waals surface area contributed by atoms with Gasteiger partial charge in [-0.1, -0.05) is 78.5 Å². The molecular weight excluding hydrogens is 604 g/mol. The van der Waals surface area contributed by atoms with Crippen molar-refractivity contribution >= 4 is 40.3 Å². The van der Waals surface area contributed by atoms with Gasteiger partial charge in [-0.25, -0.2) is 0 Å². The third kappa shape index (κ3) is 8.80. The smallest absolute Gasteiger partial charge is 0.255 e. The van der Waals surface area contributed by atoms with Crippen LogP contribution in [0, 0.1) is 27.7 Å². The zero-order valence-corrected chi connectivity index (χ0v) is 31.1. The number of amides is 2. The van der Waals surface area contributed by atoms with Gasteiger partial charge in [-0.3, -0.25) is 9.59 Å². The molecule has 0 aromatic heterocycles. The van der Waals surface area contributed by atoms with Crippen molar-refractivity contribution in [3.8, 4) is 0 Å². The standard InChI is InChI=1S/C21H24N2O.C20H24N2O.C2H6/c1-13-6-7-16(10-14(13)2)15(3)22-17-8-9-18-19(11-17)23-20(24)12-21(18,4)5;1-13-5-6-15(11-14(13)2)19(23)22-16-7-8-17-18(12-16)21-10-9-20(17,3)4;1-2/h6-11,22H,3,12H2,1-2,4-5H3,(H,23,24);5-8,11-12,21H,9-10H2,1-4H3,(H,22,23);1-2H3. The van der Waals surface area contributed by atoms with Crippen LogP contribution in [0.1, 0.15) is 104 Å². The van der Waals surface area contributed by atoms with Crippen LogP contribution in [0.3, 0.4) is 0 Å². The summed E-state index contributed by atoms with van der Waals surface area (Å²) < 4.78 is 0. The van der Waals surface area contributed by atoms with Crippen molar-refractivity contribution < 1.29 is 9.59 Å². The van der Waals surface area contributed by atoms with Crippen LogP contribution < -0.4 is 21.3 Å². The zero-order chi connectivity index (χ0) is 36.1. The molecule has 0 saturated carbocycles. The number of hydrogen-bond donors (Lipinski definition) is 4. The van der Waals surface area contributed by atoms with Crippen LogP contribution in [0.25, 0.3) is 5.70 Å². The average molecular weight is 659 g/mol. The highest BCUT2D eigenvalue weighted by atomic mass is 16.2. The molecule has 0 bridgehead atoms. The molecule has 4 N–H and O–H groups in total. The summed E-state index contributed by atoms with van der Waals surface area (Å²) in [5, 5.41) is 12.8. The highest BCUT2D eigenvalue weighted by Crippen LogP contribution is 2.39.